The molecule has 1 aromatic heterocycles. The number of hydrogen-bond acceptors (Lipinski definition) is 2. The van der Waals surface area contributed by atoms with Crippen LogP contribution in [0.25, 0.3) is 20.2 Å². The van der Waals surface area contributed by atoms with E-state index in [9.17, 15) is 0 Å². The van der Waals surface area contributed by atoms with E-state index < -0.39 is 0 Å². The number of allylic oxidation sites excluding steroid dienone is 2. The van der Waals surface area contributed by atoms with E-state index in [1.807, 2.05) is 32.1 Å². The van der Waals surface area contributed by atoms with Crippen molar-refractivity contribution in [2.24, 2.45) is 0 Å². The van der Waals surface area contributed by atoms with Crippen molar-refractivity contribution in [3.05, 3.63) is 59.7 Å². The molecule has 0 saturated carbocycles. The van der Waals surface area contributed by atoms with E-state index in [1.54, 1.807) is 0 Å². The number of hydrogen-bond donors (Lipinski definition) is 1. The lowest BCUT2D eigenvalue weighted by Crippen LogP contribution is -1.83. The van der Waals surface area contributed by atoms with Gasteiger partial charge in [0.1, 0.15) is 0 Å². The molecule has 0 aliphatic carbocycles. The minimum absolute atomic E-state index is 0.890. The topological polar surface area (TPSA) is 23.9 Å². The summed E-state index contributed by atoms with van der Waals surface area (Å²) in [6.45, 7) is 5.96. The zero-order valence-corrected chi connectivity index (χ0v) is 13.6. The average Bonchev–Trinajstić information content (AvgIpc) is 2.92. The van der Waals surface area contributed by atoms with Crippen LogP contribution < -0.4 is 0 Å². The molecule has 0 atom stereocenters. The van der Waals surface area contributed by atoms with Crippen molar-refractivity contribution >= 4 is 37.7 Å². The molecule has 1 heterocycles. The van der Waals surface area contributed by atoms with E-state index in [-0.39, 0.29) is 0 Å². The third kappa shape index (κ3) is 3.40. The van der Waals surface area contributed by atoms with Crippen molar-refractivity contribution in [2.45, 2.75) is 27.2 Å². The summed E-state index contributed by atoms with van der Waals surface area (Å²) >= 11 is 1.85. The maximum absolute atomic E-state index is 7.20. The molecule has 0 spiro atoms. The van der Waals surface area contributed by atoms with Crippen LogP contribution in [-0.2, 0) is 6.42 Å². The fraction of sp³-hybridized carbons (Fsp3) is 0.211. The molecular formula is C19H21NS. The molecule has 108 valence electrons. The van der Waals surface area contributed by atoms with Gasteiger partial charge in [0.05, 0.1) is 0 Å². The fourth-order valence-corrected chi connectivity index (χ4v) is 3.32. The van der Waals surface area contributed by atoms with Gasteiger partial charge in [0.25, 0.3) is 0 Å². The first-order valence-electron chi connectivity index (χ1n) is 7.35. The molecule has 2 heteroatoms. The lowest BCUT2D eigenvalue weighted by molar-refractivity contribution is 1.26. The number of benzene rings is 2. The van der Waals surface area contributed by atoms with Crippen molar-refractivity contribution in [3.63, 3.8) is 0 Å². The summed E-state index contributed by atoms with van der Waals surface area (Å²) in [6.07, 6.45) is 4.39. The molecule has 21 heavy (non-hydrogen) atoms. The molecule has 0 unspecified atom stereocenters. The highest BCUT2D eigenvalue weighted by molar-refractivity contribution is 7.25. The SMILES string of the molecule is C/C(C=N)=C/Cc1ccc2sc3ccccc3c2c1.CC. The molecule has 0 radical (unpaired) electrons. The van der Waals surface area contributed by atoms with Gasteiger partial charge in [-0.15, -0.1) is 11.3 Å². The van der Waals surface area contributed by atoms with E-state index in [2.05, 4.69) is 48.5 Å². The van der Waals surface area contributed by atoms with Crippen LogP contribution in [0.1, 0.15) is 26.3 Å². The summed E-state index contributed by atoms with van der Waals surface area (Å²) in [7, 11) is 0. The van der Waals surface area contributed by atoms with Crippen LogP contribution in [0.15, 0.2) is 54.1 Å². The third-order valence-corrected chi connectivity index (χ3v) is 4.48. The Morgan fingerprint density at radius 2 is 1.76 bits per heavy atom. The highest BCUT2D eigenvalue weighted by Gasteiger charge is 2.04. The third-order valence-electron chi connectivity index (χ3n) is 3.33. The lowest BCUT2D eigenvalue weighted by atomic mass is 10.1. The Kier molecular flexibility index (Phi) is 5.29. The molecule has 0 amide bonds. The zero-order valence-electron chi connectivity index (χ0n) is 12.8. The van der Waals surface area contributed by atoms with Crippen molar-refractivity contribution in [2.75, 3.05) is 0 Å². The van der Waals surface area contributed by atoms with Gasteiger partial charge >= 0.3 is 0 Å². The Hall–Kier alpha value is -1.93. The zero-order chi connectivity index (χ0) is 15.2. The van der Waals surface area contributed by atoms with Crippen LogP contribution >= 0.6 is 11.3 Å². The summed E-state index contributed by atoms with van der Waals surface area (Å²) in [5.74, 6) is 0. The monoisotopic (exact) mass is 295 g/mol. The Morgan fingerprint density at radius 3 is 2.52 bits per heavy atom. The van der Waals surface area contributed by atoms with Crippen LogP contribution in [0.3, 0.4) is 0 Å². The van der Waals surface area contributed by atoms with Gasteiger partial charge in [-0.1, -0.05) is 44.2 Å². The lowest BCUT2D eigenvalue weighted by Gasteiger charge is -1.98. The number of fused-ring (bicyclic) bond motifs is 3. The second-order valence-electron chi connectivity index (χ2n) is 4.73. The number of thiophene rings is 1. The minimum Gasteiger partial charge on any atom is -0.308 e. The van der Waals surface area contributed by atoms with E-state index in [0.717, 1.165) is 12.0 Å². The molecule has 0 saturated heterocycles. The second-order valence-corrected chi connectivity index (χ2v) is 5.81. The fourth-order valence-electron chi connectivity index (χ4n) is 2.24. The molecule has 1 N–H and O–H groups in total. The van der Waals surface area contributed by atoms with Crippen LogP contribution in [0.4, 0.5) is 0 Å². The van der Waals surface area contributed by atoms with Gasteiger partial charge in [-0.3, -0.25) is 0 Å². The average molecular weight is 295 g/mol. The van der Waals surface area contributed by atoms with E-state index in [4.69, 9.17) is 5.41 Å². The van der Waals surface area contributed by atoms with Gasteiger partial charge in [0, 0.05) is 26.4 Å². The summed E-state index contributed by atoms with van der Waals surface area (Å²) in [5.41, 5.74) is 2.31. The highest BCUT2D eigenvalue weighted by atomic mass is 32.1. The van der Waals surface area contributed by atoms with Crippen molar-refractivity contribution in [1.29, 1.82) is 5.41 Å². The number of rotatable bonds is 3. The summed E-state index contributed by atoms with van der Waals surface area (Å²) in [5, 5.41) is 9.89. The van der Waals surface area contributed by atoms with E-state index >= 15 is 0 Å². The molecule has 1 nitrogen and oxygen atoms in total. The maximum atomic E-state index is 7.20. The maximum Gasteiger partial charge on any atom is 0.0355 e. The first-order chi connectivity index (χ1) is 10.3. The second kappa shape index (κ2) is 7.19. The molecule has 0 fully saturated rings. The Balaban J connectivity index is 0.000000774. The molecule has 3 rings (SSSR count). The predicted octanol–water partition coefficient (Wildman–Crippen LogP) is 6.22. The number of nitrogens with one attached hydrogen (secondary N) is 1. The van der Waals surface area contributed by atoms with Crippen molar-refractivity contribution in [1.82, 2.24) is 0 Å². The Bertz CT molecular complexity index is 780. The molecule has 2 aromatic carbocycles. The normalized spacial score (nSPS) is 11.3. The van der Waals surface area contributed by atoms with Crippen LogP contribution in [0.5, 0.6) is 0 Å². The van der Waals surface area contributed by atoms with Crippen LogP contribution in [0, 0.1) is 5.41 Å². The van der Waals surface area contributed by atoms with Crippen LogP contribution in [0.2, 0.25) is 0 Å². The van der Waals surface area contributed by atoms with Gasteiger partial charge in [-0.2, -0.15) is 0 Å². The largest absolute Gasteiger partial charge is 0.308 e. The minimum atomic E-state index is 0.890. The van der Waals surface area contributed by atoms with Crippen molar-refractivity contribution < 1.29 is 0 Å². The molecule has 0 aliphatic rings. The predicted molar refractivity (Wildman–Crippen MR) is 96.9 cm³/mol. The van der Waals surface area contributed by atoms with E-state index in [0.29, 0.717) is 0 Å². The van der Waals surface area contributed by atoms with Gasteiger partial charge in [-0.05, 0) is 42.7 Å². The first kappa shape index (κ1) is 15.5. The standard InChI is InChI=1S/C17H15NS.C2H6/c1-12(11-18)6-7-13-8-9-17-15(10-13)14-4-2-3-5-16(14)19-17;1-2/h2-6,8-11,18H,7H2,1H3;1-2H3/b12-6-,18-11?;. The van der Waals surface area contributed by atoms with Gasteiger partial charge in [-0.25, -0.2) is 0 Å². The Labute approximate surface area is 130 Å². The summed E-state index contributed by atoms with van der Waals surface area (Å²) in [6, 6.07) is 15.2. The van der Waals surface area contributed by atoms with Gasteiger partial charge in [0.15, 0.2) is 0 Å². The van der Waals surface area contributed by atoms with E-state index in [1.165, 1.54) is 32.0 Å². The van der Waals surface area contributed by atoms with Crippen molar-refractivity contribution in [3.8, 4) is 0 Å². The summed E-state index contributed by atoms with van der Waals surface area (Å²) < 4.78 is 2.69. The smallest absolute Gasteiger partial charge is 0.0355 e. The highest BCUT2D eigenvalue weighted by Crippen LogP contribution is 2.34. The molecule has 0 bridgehead atoms. The summed E-state index contributed by atoms with van der Waals surface area (Å²) in [4.78, 5) is 0. The van der Waals surface area contributed by atoms with Crippen LogP contribution in [-0.4, -0.2) is 6.21 Å². The molecule has 3 aromatic rings. The Morgan fingerprint density at radius 1 is 1.05 bits per heavy atom. The molecular weight excluding hydrogens is 274 g/mol. The quantitative estimate of drug-likeness (QED) is 0.555. The molecule has 0 aliphatic heterocycles. The van der Waals surface area contributed by atoms with Gasteiger partial charge < -0.3 is 5.41 Å². The first-order valence-corrected chi connectivity index (χ1v) is 8.17. The van der Waals surface area contributed by atoms with Gasteiger partial charge in [0.2, 0.25) is 0 Å².